The Morgan fingerprint density at radius 2 is 1.86 bits per heavy atom. The molecule has 0 saturated heterocycles. The van der Waals surface area contributed by atoms with Crippen LogP contribution in [0.3, 0.4) is 0 Å². The topological polar surface area (TPSA) is 72.6 Å². The van der Waals surface area contributed by atoms with Crippen molar-refractivity contribution in [3.05, 3.63) is 59.3 Å². The third kappa shape index (κ3) is 3.49. The second-order valence-corrected chi connectivity index (χ2v) is 8.43. The van der Waals surface area contributed by atoms with Crippen LogP contribution in [0.25, 0.3) is 11.3 Å². The maximum atomic E-state index is 13.5. The molecule has 0 aliphatic carbocycles. The highest BCUT2D eigenvalue weighted by Gasteiger charge is 2.28. The summed E-state index contributed by atoms with van der Waals surface area (Å²) in [7, 11) is -2.39. The quantitative estimate of drug-likeness (QED) is 0.609. The molecule has 0 fully saturated rings. The Morgan fingerprint density at radius 3 is 2.43 bits per heavy atom. The van der Waals surface area contributed by atoms with Gasteiger partial charge in [0, 0.05) is 17.7 Å². The molecule has 0 aliphatic heterocycles. The number of rotatable bonds is 6. The standard InChI is InChI=1S/C21H24N2O4S/c1-6-23(18-9-7-8-14(2)12-18)28(24,25)20-13-17(10-11-19(20)26-5)21-15(3)16(4)22-27-21/h7-13H,6H2,1-5H3. The van der Waals surface area contributed by atoms with Gasteiger partial charge in [-0.05, 0) is 63.6 Å². The van der Waals surface area contributed by atoms with E-state index < -0.39 is 10.0 Å². The van der Waals surface area contributed by atoms with E-state index in [4.69, 9.17) is 9.26 Å². The molecule has 2 aromatic carbocycles. The Morgan fingerprint density at radius 1 is 1.11 bits per heavy atom. The average Bonchev–Trinajstić information content (AvgIpc) is 3.00. The first kappa shape index (κ1) is 19.9. The lowest BCUT2D eigenvalue weighted by atomic mass is 10.1. The zero-order valence-corrected chi connectivity index (χ0v) is 17.5. The fraction of sp³-hybridized carbons (Fsp3) is 0.286. The number of sulfonamides is 1. The Labute approximate surface area is 165 Å². The Hall–Kier alpha value is -2.80. The SMILES string of the molecule is CCN(c1cccc(C)c1)S(=O)(=O)c1cc(-c2onc(C)c2C)ccc1OC. The lowest BCUT2D eigenvalue weighted by Gasteiger charge is -2.24. The summed E-state index contributed by atoms with van der Waals surface area (Å²) in [4.78, 5) is 0.0873. The van der Waals surface area contributed by atoms with Crippen molar-refractivity contribution in [2.45, 2.75) is 32.6 Å². The number of anilines is 1. The molecule has 0 aliphatic rings. The lowest BCUT2D eigenvalue weighted by molar-refractivity contribution is 0.402. The van der Waals surface area contributed by atoms with E-state index in [0.29, 0.717) is 23.6 Å². The number of benzene rings is 2. The van der Waals surface area contributed by atoms with Crippen LogP contribution in [0.2, 0.25) is 0 Å². The molecular weight excluding hydrogens is 376 g/mol. The number of hydrogen-bond donors (Lipinski definition) is 0. The van der Waals surface area contributed by atoms with Crippen LogP contribution in [0.1, 0.15) is 23.7 Å². The second-order valence-electron chi connectivity index (χ2n) is 6.60. The van der Waals surface area contributed by atoms with Crippen LogP contribution < -0.4 is 9.04 Å². The molecule has 7 heteroatoms. The van der Waals surface area contributed by atoms with Gasteiger partial charge in [-0.3, -0.25) is 4.31 Å². The summed E-state index contributed by atoms with van der Waals surface area (Å²) in [5.74, 6) is 0.832. The summed E-state index contributed by atoms with van der Waals surface area (Å²) in [6, 6.07) is 12.4. The van der Waals surface area contributed by atoms with Crippen molar-refractivity contribution >= 4 is 15.7 Å². The predicted octanol–water partition coefficient (Wildman–Crippen LogP) is 4.49. The molecule has 148 valence electrons. The summed E-state index contributed by atoms with van der Waals surface area (Å²) < 4.78 is 39.2. The Kier molecular flexibility index (Phi) is 5.47. The molecule has 0 N–H and O–H groups in total. The van der Waals surface area contributed by atoms with E-state index in [1.165, 1.54) is 11.4 Å². The highest BCUT2D eigenvalue weighted by Crippen LogP contribution is 2.35. The molecule has 1 aromatic heterocycles. The highest BCUT2D eigenvalue weighted by atomic mass is 32.2. The minimum atomic E-state index is -3.85. The summed E-state index contributed by atoms with van der Waals surface area (Å²) in [6.45, 7) is 7.77. The number of ether oxygens (including phenoxy) is 1. The van der Waals surface area contributed by atoms with Crippen LogP contribution in [0.15, 0.2) is 51.9 Å². The van der Waals surface area contributed by atoms with Crippen molar-refractivity contribution in [3.63, 3.8) is 0 Å². The number of aryl methyl sites for hydroxylation is 2. The van der Waals surface area contributed by atoms with Crippen molar-refractivity contribution in [2.24, 2.45) is 0 Å². The predicted molar refractivity (Wildman–Crippen MR) is 109 cm³/mol. The highest BCUT2D eigenvalue weighted by molar-refractivity contribution is 7.93. The minimum Gasteiger partial charge on any atom is -0.495 e. The molecule has 0 saturated carbocycles. The van der Waals surface area contributed by atoms with Gasteiger partial charge in [0.15, 0.2) is 5.76 Å². The fourth-order valence-corrected chi connectivity index (χ4v) is 4.75. The Bertz CT molecular complexity index is 1100. The number of nitrogens with zero attached hydrogens (tertiary/aromatic N) is 2. The van der Waals surface area contributed by atoms with Gasteiger partial charge < -0.3 is 9.26 Å². The van der Waals surface area contributed by atoms with Gasteiger partial charge in [0.2, 0.25) is 0 Å². The maximum absolute atomic E-state index is 13.5. The van der Waals surface area contributed by atoms with Gasteiger partial charge in [-0.15, -0.1) is 0 Å². The van der Waals surface area contributed by atoms with Crippen LogP contribution >= 0.6 is 0 Å². The van der Waals surface area contributed by atoms with Crippen LogP contribution in [0, 0.1) is 20.8 Å². The van der Waals surface area contributed by atoms with E-state index >= 15 is 0 Å². The molecule has 3 rings (SSSR count). The summed E-state index contributed by atoms with van der Waals surface area (Å²) in [5, 5.41) is 3.97. The fourth-order valence-electron chi connectivity index (χ4n) is 3.10. The summed E-state index contributed by atoms with van der Waals surface area (Å²) >= 11 is 0. The van der Waals surface area contributed by atoms with Gasteiger partial charge in [-0.1, -0.05) is 17.3 Å². The van der Waals surface area contributed by atoms with Gasteiger partial charge in [0.05, 0.1) is 18.5 Å². The molecule has 1 heterocycles. The summed E-state index contributed by atoms with van der Waals surface area (Å²) in [6.07, 6.45) is 0. The molecule has 3 aromatic rings. The van der Waals surface area contributed by atoms with Crippen molar-refractivity contribution < 1.29 is 17.7 Å². The van der Waals surface area contributed by atoms with Gasteiger partial charge >= 0.3 is 0 Å². The molecule has 0 bridgehead atoms. The molecule has 0 spiro atoms. The monoisotopic (exact) mass is 400 g/mol. The molecule has 28 heavy (non-hydrogen) atoms. The number of methoxy groups -OCH3 is 1. The molecule has 0 unspecified atom stereocenters. The largest absolute Gasteiger partial charge is 0.495 e. The second kappa shape index (κ2) is 7.67. The zero-order chi connectivity index (χ0) is 20.5. The van der Waals surface area contributed by atoms with Crippen LogP contribution in [0.5, 0.6) is 5.75 Å². The van der Waals surface area contributed by atoms with Crippen LogP contribution in [-0.4, -0.2) is 27.2 Å². The molecule has 0 amide bonds. The van der Waals surface area contributed by atoms with E-state index in [-0.39, 0.29) is 10.6 Å². The lowest BCUT2D eigenvalue weighted by Crippen LogP contribution is -2.31. The normalized spacial score (nSPS) is 11.5. The van der Waals surface area contributed by atoms with Gasteiger partial charge in [-0.2, -0.15) is 0 Å². The van der Waals surface area contributed by atoms with Gasteiger partial charge in [0.25, 0.3) is 10.0 Å². The van der Waals surface area contributed by atoms with E-state index in [1.807, 2.05) is 39.0 Å². The van der Waals surface area contributed by atoms with Crippen molar-refractivity contribution in [1.82, 2.24) is 5.16 Å². The van der Waals surface area contributed by atoms with E-state index in [9.17, 15) is 8.42 Å². The van der Waals surface area contributed by atoms with Crippen molar-refractivity contribution in [2.75, 3.05) is 18.0 Å². The van der Waals surface area contributed by atoms with Gasteiger partial charge in [0.1, 0.15) is 10.6 Å². The van der Waals surface area contributed by atoms with E-state index in [1.54, 1.807) is 31.2 Å². The first-order chi connectivity index (χ1) is 13.3. The van der Waals surface area contributed by atoms with Crippen LogP contribution in [-0.2, 0) is 10.0 Å². The molecule has 0 atom stereocenters. The Balaban J connectivity index is 2.17. The van der Waals surface area contributed by atoms with Crippen molar-refractivity contribution in [3.8, 4) is 17.1 Å². The summed E-state index contributed by atoms with van der Waals surface area (Å²) in [5.41, 5.74) is 3.88. The molecule has 0 radical (unpaired) electrons. The zero-order valence-electron chi connectivity index (χ0n) is 16.7. The van der Waals surface area contributed by atoms with Crippen molar-refractivity contribution in [1.29, 1.82) is 0 Å². The minimum absolute atomic E-state index is 0.0873. The molecular formula is C21H24N2O4S. The van der Waals surface area contributed by atoms with Gasteiger partial charge in [-0.25, -0.2) is 8.42 Å². The average molecular weight is 401 g/mol. The van der Waals surface area contributed by atoms with E-state index in [2.05, 4.69) is 5.16 Å². The van der Waals surface area contributed by atoms with E-state index in [0.717, 1.165) is 16.8 Å². The third-order valence-corrected chi connectivity index (χ3v) is 6.65. The maximum Gasteiger partial charge on any atom is 0.268 e. The number of aromatic nitrogens is 1. The first-order valence-corrected chi connectivity index (χ1v) is 10.4. The number of hydrogen-bond acceptors (Lipinski definition) is 5. The van der Waals surface area contributed by atoms with Crippen LogP contribution in [0.4, 0.5) is 5.69 Å². The first-order valence-electron chi connectivity index (χ1n) is 9.00. The molecule has 6 nitrogen and oxygen atoms in total. The smallest absolute Gasteiger partial charge is 0.268 e. The third-order valence-electron chi connectivity index (χ3n) is 4.73.